The Morgan fingerprint density at radius 1 is 1.47 bits per heavy atom. The van der Waals surface area contributed by atoms with E-state index in [4.69, 9.17) is 9.94 Å². The number of likely N-dealkylation sites (tertiary alicyclic amines) is 1. The number of hydrogen-bond acceptors (Lipinski definition) is 4. The van der Waals surface area contributed by atoms with E-state index in [1.807, 2.05) is 13.8 Å². The smallest absolute Gasteiger partial charge is 0.308 e. The molecule has 1 fully saturated rings. The fourth-order valence-electron chi connectivity index (χ4n) is 2.45. The van der Waals surface area contributed by atoms with Gasteiger partial charge in [-0.1, -0.05) is 19.0 Å². The third-order valence-electron chi connectivity index (χ3n) is 3.72. The van der Waals surface area contributed by atoms with Crippen LogP contribution < -0.4 is 0 Å². The largest absolute Gasteiger partial charge is 0.481 e. The van der Waals surface area contributed by atoms with Gasteiger partial charge in [-0.25, -0.2) is 0 Å². The Bertz CT molecular complexity index is 405. The van der Waals surface area contributed by atoms with Crippen molar-refractivity contribution < 1.29 is 19.5 Å². The molecule has 0 bridgehead atoms. The summed E-state index contributed by atoms with van der Waals surface area (Å²) in [5, 5.41) is 13.0. The third kappa shape index (κ3) is 3.05. The molecule has 0 aromatic heterocycles. The number of oxime groups is 1. The van der Waals surface area contributed by atoms with Gasteiger partial charge in [-0.3, -0.25) is 9.59 Å². The summed E-state index contributed by atoms with van der Waals surface area (Å²) < 4.78 is 0. The van der Waals surface area contributed by atoms with E-state index in [1.54, 1.807) is 4.90 Å². The van der Waals surface area contributed by atoms with Gasteiger partial charge >= 0.3 is 5.97 Å². The Balaban J connectivity index is 1.92. The number of carbonyl (C=O) groups excluding carboxylic acids is 1. The van der Waals surface area contributed by atoms with Gasteiger partial charge in [0.1, 0.15) is 0 Å². The summed E-state index contributed by atoms with van der Waals surface area (Å²) >= 11 is 0. The van der Waals surface area contributed by atoms with Crippen molar-refractivity contribution in [3.05, 3.63) is 0 Å². The van der Waals surface area contributed by atoms with Gasteiger partial charge in [-0.05, 0) is 18.8 Å². The quantitative estimate of drug-likeness (QED) is 0.831. The van der Waals surface area contributed by atoms with E-state index in [0.29, 0.717) is 19.4 Å². The number of aliphatic carboxylic acids is 1. The first-order chi connectivity index (χ1) is 8.99. The van der Waals surface area contributed by atoms with Crippen LogP contribution in [0.3, 0.4) is 0 Å². The summed E-state index contributed by atoms with van der Waals surface area (Å²) in [5.41, 5.74) is 0.894. The number of carboxylic acid groups (broad SMARTS) is 1. The highest BCUT2D eigenvalue weighted by Gasteiger charge is 2.36. The molecule has 106 valence electrons. The summed E-state index contributed by atoms with van der Waals surface area (Å²) in [4.78, 5) is 30.1. The Labute approximate surface area is 112 Å². The molecule has 2 aliphatic rings. The highest BCUT2D eigenvalue weighted by molar-refractivity contribution is 5.94. The van der Waals surface area contributed by atoms with Crippen LogP contribution in [0, 0.1) is 11.8 Å². The van der Waals surface area contributed by atoms with Crippen molar-refractivity contribution >= 4 is 17.6 Å². The number of carboxylic acids is 1. The van der Waals surface area contributed by atoms with Gasteiger partial charge in [0.2, 0.25) is 6.10 Å². The average Bonchev–Trinajstić information content (AvgIpc) is 2.87. The van der Waals surface area contributed by atoms with Crippen molar-refractivity contribution in [2.75, 3.05) is 13.1 Å². The maximum absolute atomic E-state index is 12.3. The minimum absolute atomic E-state index is 0.134. The second kappa shape index (κ2) is 5.59. The monoisotopic (exact) mass is 268 g/mol. The molecule has 2 atom stereocenters. The van der Waals surface area contributed by atoms with E-state index in [-0.39, 0.29) is 18.4 Å². The van der Waals surface area contributed by atoms with Gasteiger partial charge in [-0.2, -0.15) is 0 Å². The van der Waals surface area contributed by atoms with Gasteiger partial charge in [0.05, 0.1) is 11.6 Å². The lowest BCUT2D eigenvalue weighted by Crippen LogP contribution is -2.46. The van der Waals surface area contributed by atoms with Crippen LogP contribution in [0.4, 0.5) is 0 Å². The maximum atomic E-state index is 12.3. The lowest BCUT2D eigenvalue weighted by molar-refractivity contribution is -0.149. The number of hydrogen-bond donors (Lipinski definition) is 1. The van der Waals surface area contributed by atoms with Gasteiger partial charge in [-0.15, -0.1) is 0 Å². The molecule has 0 radical (unpaired) electrons. The molecule has 1 saturated heterocycles. The molecule has 1 N–H and O–H groups in total. The Morgan fingerprint density at radius 2 is 2.21 bits per heavy atom. The SMILES string of the molecule is CC(C)C1=NOC(C(=O)N2CCCC(C(=O)O)C2)C1. The van der Waals surface area contributed by atoms with Crippen LogP contribution in [0.15, 0.2) is 5.16 Å². The van der Waals surface area contributed by atoms with Crippen LogP contribution >= 0.6 is 0 Å². The molecular formula is C13H20N2O4. The minimum atomic E-state index is -0.830. The molecule has 19 heavy (non-hydrogen) atoms. The summed E-state index contributed by atoms with van der Waals surface area (Å²) in [5.74, 6) is -1.15. The molecule has 1 amide bonds. The second-order valence-corrected chi connectivity index (χ2v) is 5.50. The third-order valence-corrected chi connectivity index (χ3v) is 3.72. The van der Waals surface area contributed by atoms with Crippen LogP contribution in [0.25, 0.3) is 0 Å². The normalized spacial score (nSPS) is 27.1. The molecule has 6 nitrogen and oxygen atoms in total. The number of carbonyl (C=O) groups is 2. The van der Waals surface area contributed by atoms with Crippen molar-refractivity contribution in [3.8, 4) is 0 Å². The van der Waals surface area contributed by atoms with Crippen molar-refractivity contribution in [3.63, 3.8) is 0 Å². The highest BCUT2D eigenvalue weighted by Crippen LogP contribution is 2.22. The fraction of sp³-hybridized carbons (Fsp3) is 0.769. The number of nitrogens with zero attached hydrogens (tertiary/aromatic N) is 2. The molecule has 2 rings (SSSR count). The minimum Gasteiger partial charge on any atom is -0.481 e. The maximum Gasteiger partial charge on any atom is 0.308 e. The number of piperidine rings is 1. The zero-order chi connectivity index (χ0) is 14.0. The first-order valence-electron chi connectivity index (χ1n) is 6.73. The second-order valence-electron chi connectivity index (χ2n) is 5.50. The molecule has 0 aromatic carbocycles. The van der Waals surface area contributed by atoms with Crippen LogP contribution in [0.5, 0.6) is 0 Å². The Hall–Kier alpha value is -1.59. The van der Waals surface area contributed by atoms with Crippen molar-refractivity contribution in [1.82, 2.24) is 4.90 Å². The number of rotatable bonds is 3. The molecule has 0 saturated carbocycles. The van der Waals surface area contributed by atoms with Gasteiger partial charge in [0, 0.05) is 19.5 Å². The first kappa shape index (κ1) is 13.8. The Kier molecular flexibility index (Phi) is 4.07. The van der Waals surface area contributed by atoms with E-state index in [1.165, 1.54) is 0 Å². The van der Waals surface area contributed by atoms with E-state index in [9.17, 15) is 9.59 Å². The molecule has 0 spiro atoms. The summed E-state index contributed by atoms with van der Waals surface area (Å²) in [6, 6.07) is 0. The van der Waals surface area contributed by atoms with Crippen molar-refractivity contribution in [2.45, 2.75) is 39.2 Å². The van der Waals surface area contributed by atoms with E-state index < -0.39 is 18.0 Å². The Morgan fingerprint density at radius 3 is 2.79 bits per heavy atom. The predicted molar refractivity (Wildman–Crippen MR) is 68.7 cm³/mol. The first-order valence-corrected chi connectivity index (χ1v) is 6.73. The topological polar surface area (TPSA) is 79.2 Å². The van der Waals surface area contributed by atoms with Crippen LogP contribution in [0.2, 0.25) is 0 Å². The van der Waals surface area contributed by atoms with Crippen molar-refractivity contribution in [2.24, 2.45) is 17.0 Å². The molecule has 6 heteroatoms. The van der Waals surface area contributed by atoms with Gasteiger partial charge < -0.3 is 14.8 Å². The zero-order valence-electron chi connectivity index (χ0n) is 11.3. The molecule has 2 heterocycles. The predicted octanol–water partition coefficient (Wildman–Crippen LogP) is 1.11. The standard InChI is InChI=1S/C13H20N2O4/c1-8(2)10-6-11(19-14-10)12(16)15-5-3-4-9(7-15)13(17)18/h8-9,11H,3-7H2,1-2H3,(H,17,18). The lowest BCUT2D eigenvalue weighted by atomic mass is 9.97. The van der Waals surface area contributed by atoms with Gasteiger partial charge in [0.15, 0.2) is 0 Å². The lowest BCUT2D eigenvalue weighted by Gasteiger charge is -2.31. The van der Waals surface area contributed by atoms with Crippen LogP contribution in [0.1, 0.15) is 33.1 Å². The molecular weight excluding hydrogens is 248 g/mol. The van der Waals surface area contributed by atoms with Crippen molar-refractivity contribution in [1.29, 1.82) is 0 Å². The molecule has 2 unspecified atom stereocenters. The fourth-order valence-corrected chi connectivity index (χ4v) is 2.45. The summed E-state index contributed by atoms with van der Waals surface area (Å²) in [6.07, 6.45) is 1.32. The van der Waals surface area contributed by atoms with Crippen LogP contribution in [-0.4, -0.2) is 46.8 Å². The molecule has 2 aliphatic heterocycles. The van der Waals surface area contributed by atoms with Crippen LogP contribution in [-0.2, 0) is 14.4 Å². The molecule has 0 aliphatic carbocycles. The van der Waals surface area contributed by atoms with Gasteiger partial charge in [0.25, 0.3) is 5.91 Å². The zero-order valence-corrected chi connectivity index (χ0v) is 11.3. The van der Waals surface area contributed by atoms with E-state index in [0.717, 1.165) is 12.1 Å². The highest BCUT2D eigenvalue weighted by atomic mass is 16.6. The number of amides is 1. The average molecular weight is 268 g/mol. The van der Waals surface area contributed by atoms with E-state index in [2.05, 4.69) is 5.16 Å². The summed E-state index contributed by atoms with van der Waals surface area (Å²) in [7, 11) is 0. The molecule has 0 aromatic rings. The van der Waals surface area contributed by atoms with E-state index >= 15 is 0 Å². The summed E-state index contributed by atoms with van der Waals surface area (Å²) in [6.45, 7) is 4.91.